The number of rotatable bonds is 4. The second-order valence-corrected chi connectivity index (χ2v) is 6.62. The summed E-state index contributed by atoms with van der Waals surface area (Å²) in [6.07, 6.45) is 1.27. The summed E-state index contributed by atoms with van der Waals surface area (Å²) in [4.78, 5) is 4.52. The van der Waals surface area contributed by atoms with Crippen LogP contribution in [0.2, 0.25) is 0 Å². The lowest BCUT2D eigenvalue weighted by atomic mass is 10.1. The summed E-state index contributed by atoms with van der Waals surface area (Å²) < 4.78 is 6.13. The predicted molar refractivity (Wildman–Crippen MR) is 101 cm³/mol. The van der Waals surface area contributed by atoms with Gasteiger partial charge < -0.3 is 15.2 Å². The number of nitrogens with zero attached hydrogens (tertiary/aromatic N) is 3. The van der Waals surface area contributed by atoms with E-state index in [1.807, 2.05) is 30.3 Å². The highest BCUT2D eigenvalue weighted by molar-refractivity contribution is 7.99. The fourth-order valence-electron chi connectivity index (χ4n) is 2.68. The molecule has 0 spiro atoms. The van der Waals surface area contributed by atoms with Crippen molar-refractivity contribution >= 4 is 17.4 Å². The number of ether oxygens (including phenoxy) is 1. The van der Waals surface area contributed by atoms with Gasteiger partial charge in [-0.2, -0.15) is 4.98 Å². The van der Waals surface area contributed by atoms with E-state index in [0.29, 0.717) is 22.5 Å². The molecule has 6 nitrogen and oxygen atoms in total. The fraction of sp³-hybridized carbons (Fsp3) is 0.105. The van der Waals surface area contributed by atoms with Crippen LogP contribution in [0.15, 0.2) is 66.3 Å². The molecule has 1 unspecified atom stereocenters. The van der Waals surface area contributed by atoms with Crippen LogP contribution in [0.4, 0.5) is 5.69 Å². The maximum atomic E-state index is 9.81. The van der Waals surface area contributed by atoms with Crippen molar-refractivity contribution in [3.63, 3.8) is 0 Å². The standard InChI is InChI=1S/C19H16N4O2S/c1-2-10-26-19-21-18-16(22-23-19)14-8-3-4-9-15(14)20-17(25-18)12-6-5-7-13(24)11-12/h2-9,11,17,20,24H,1,10H2. The SMILES string of the molecule is C=CCSc1nnc2c(n1)OC(c1cccc(O)c1)Nc1ccccc1-2. The molecule has 4 rings (SSSR count). The number of thioether (sulfide) groups is 1. The van der Waals surface area contributed by atoms with Gasteiger partial charge in [0.15, 0.2) is 11.9 Å². The van der Waals surface area contributed by atoms with Crippen LogP contribution in [0.25, 0.3) is 11.3 Å². The van der Waals surface area contributed by atoms with Crippen LogP contribution in [-0.4, -0.2) is 26.0 Å². The van der Waals surface area contributed by atoms with Gasteiger partial charge in [-0.15, -0.1) is 16.8 Å². The summed E-state index contributed by atoms with van der Waals surface area (Å²) in [7, 11) is 0. The number of aromatic hydroxyl groups is 1. The normalized spacial score (nSPS) is 15.0. The highest BCUT2D eigenvalue weighted by atomic mass is 32.2. The number of anilines is 1. The Kier molecular flexibility index (Phi) is 4.45. The number of hydrogen-bond donors (Lipinski definition) is 2. The zero-order valence-electron chi connectivity index (χ0n) is 13.8. The van der Waals surface area contributed by atoms with Gasteiger partial charge in [0.25, 0.3) is 0 Å². The molecule has 0 saturated carbocycles. The molecule has 1 aliphatic heterocycles. The lowest BCUT2D eigenvalue weighted by molar-refractivity contribution is 0.225. The van der Waals surface area contributed by atoms with Crippen molar-refractivity contribution in [2.75, 3.05) is 11.1 Å². The van der Waals surface area contributed by atoms with Crippen molar-refractivity contribution in [2.24, 2.45) is 0 Å². The molecule has 0 radical (unpaired) electrons. The van der Waals surface area contributed by atoms with E-state index in [4.69, 9.17) is 4.74 Å². The second-order valence-electron chi connectivity index (χ2n) is 5.63. The third kappa shape index (κ3) is 3.21. The van der Waals surface area contributed by atoms with Crippen LogP contribution in [0.5, 0.6) is 11.6 Å². The van der Waals surface area contributed by atoms with Crippen molar-refractivity contribution in [3.8, 4) is 22.9 Å². The van der Waals surface area contributed by atoms with Crippen molar-refractivity contribution in [2.45, 2.75) is 11.4 Å². The minimum absolute atomic E-state index is 0.175. The van der Waals surface area contributed by atoms with E-state index < -0.39 is 6.23 Å². The summed E-state index contributed by atoms with van der Waals surface area (Å²) in [5, 5.41) is 22.2. The molecule has 7 heteroatoms. The number of aromatic nitrogens is 3. The number of fused-ring (bicyclic) bond motifs is 3. The van der Waals surface area contributed by atoms with E-state index >= 15 is 0 Å². The molecule has 130 valence electrons. The molecule has 1 atom stereocenters. The molecule has 26 heavy (non-hydrogen) atoms. The number of phenolic OH excluding ortho intramolecular Hbond substituents is 1. The Labute approximate surface area is 155 Å². The Hall–Kier alpha value is -3.06. The number of hydrogen-bond acceptors (Lipinski definition) is 7. The smallest absolute Gasteiger partial charge is 0.247 e. The van der Waals surface area contributed by atoms with E-state index in [2.05, 4.69) is 27.1 Å². The average Bonchev–Trinajstić information content (AvgIpc) is 2.83. The Morgan fingerprint density at radius 3 is 2.92 bits per heavy atom. The zero-order chi connectivity index (χ0) is 17.9. The third-order valence-electron chi connectivity index (χ3n) is 3.84. The molecule has 3 aromatic rings. The van der Waals surface area contributed by atoms with Crippen LogP contribution in [0.1, 0.15) is 11.8 Å². The summed E-state index contributed by atoms with van der Waals surface area (Å²) in [5.74, 6) is 1.26. The number of nitrogens with one attached hydrogen (secondary N) is 1. The van der Waals surface area contributed by atoms with Crippen molar-refractivity contribution in [1.82, 2.24) is 15.2 Å². The van der Waals surface area contributed by atoms with Gasteiger partial charge in [-0.1, -0.05) is 48.2 Å². The maximum Gasteiger partial charge on any atom is 0.247 e. The van der Waals surface area contributed by atoms with Gasteiger partial charge >= 0.3 is 0 Å². The number of benzene rings is 2. The summed E-state index contributed by atoms with van der Waals surface area (Å²) in [6.45, 7) is 3.71. The molecule has 2 N–H and O–H groups in total. The summed E-state index contributed by atoms with van der Waals surface area (Å²) >= 11 is 1.44. The molecule has 1 aliphatic rings. The minimum atomic E-state index is -0.515. The molecule has 0 amide bonds. The van der Waals surface area contributed by atoms with Crippen LogP contribution in [0.3, 0.4) is 0 Å². The molecule has 1 aromatic heterocycles. The first-order valence-corrected chi connectivity index (χ1v) is 9.03. The maximum absolute atomic E-state index is 9.81. The second kappa shape index (κ2) is 7.05. The Morgan fingerprint density at radius 1 is 1.19 bits per heavy atom. The van der Waals surface area contributed by atoms with Gasteiger partial charge in [-0.05, 0) is 18.2 Å². The molecule has 2 heterocycles. The van der Waals surface area contributed by atoms with Crippen molar-refractivity contribution in [3.05, 3.63) is 66.7 Å². The number of phenols is 1. The molecular weight excluding hydrogens is 348 g/mol. The van der Waals surface area contributed by atoms with E-state index in [-0.39, 0.29) is 5.75 Å². The van der Waals surface area contributed by atoms with Gasteiger partial charge in [-0.25, -0.2) is 0 Å². The summed E-state index contributed by atoms with van der Waals surface area (Å²) in [6, 6.07) is 14.7. The molecular formula is C19H16N4O2S. The van der Waals surface area contributed by atoms with E-state index in [1.54, 1.807) is 24.3 Å². The quantitative estimate of drug-likeness (QED) is 0.534. The van der Waals surface area contributed by atoms with Gasteiger partial charge in [0.2, 0.25) is 11.0 Å². The Bertz CT molecular complexity index is 964. The highest BCUT2D eigenvalue weighted by Gasteiger charge is 2.26. The van der Waals surface area contributed by atoms with Crippen LogP contribution in [0, 0.1) is 0 Å². The lowest BCUT2D eigenvalue weighted by Crippen LogP contribution is -2.17. The molecule has 0 saturated heterocycles. The monoisotopic (exact) mass is 364 g/mol. The van der Waals surface area contributed by atoms with Crippen molar-refractivity contribution < 1.29 is 9.84 Å². The molecule has 0 bridgehead atoms. The topological polar surface area (TPSA) is 80.2 Å². The first kappa shape index (κ1) is 16.4. The van der Waals surface area contributed by atoms with Gasteiger partial charge in [0, 0.05) is 22.6 Å². The van der Waals surface area contributed by atoms with Gasteiger partial charge in [-0.3, -0.25) is 0 Å². The highest BCUT2D eigenvalue weighted by Crippen LogP contribution is 2.39. The Balaban J connectivity index is 1.80. The Morgan fingerprint density at radius 2 is 2.08 bits per heavy atom. The molecule has 0 fully saturated rings. The summed E-state index contributed by atoms with van der Waals surface area (Å²) in [5.41, 5.74) is 3.10. The molecule has 2 aromatic carbocycles. The first-order chi connectivity index (χ1) is 12.7. The van der Waals surface area contributed by atoms with E-state index in [0.717, 1.165) is 16.8 Å². The number of para-hydroxylation sites is 1. The molecule has 0 aliphatic carbocycles. The zero-order valence-corrected chi connectivity index (χ0v) is 14.6. The van der Waals surface area contributed by atoms with Gasteiger partial charge in [0.1, 0.15) is 5.75 Å². The average molecular weight is 364 g/mol. The van der Waals surface area contributed by atoms with Gasteiger partial charge in [0.05, 0.1) is 0 Å². The van der Waals surface area contributed by atoms with Crippen LogP contribution in [-0.2, 0) is 0 Å². The van der Waals surface area contributed by atoms with Crippen LogP contribution >= 0.6 is 11.8 Å². The predicted octanol–water partition coefficient (Wildman–Crippen LogP) is 4.03. The van der Waals surface area contributed by atoms with E-state index in [9.17, 15) is 5.11 Å². The lowest BCUT2D eigenvalue weighted by Gasteiger charge is -2.19. The minimum Gasteiger partial charge on any atom is -0.508 e. The largest absolute Gasteiger partial charge is 0.508 e. The van der Waals surface area contributed by atoms with E-state index in [1.165, 1.54) is 11.8 Å². The first-order valence-electron chi connectivity index (χ1n) is 8.04. The van der Waals surface area contributed by atoms with Crippen molar-refractivity contribution in [1.29, 1.82) is 0 Å². The van der Waals surface area contributed by atoms with Crippen LogP contribution < -0.4 is 10.1 Å². The fourth-order valence-corrected chi connectivity index (χ4v) is 3.19. The third-order valence-corrected chi connectivity index (χ3v) is 4.67.